The van der Waals surface area contributed by atoms with Crippen molar-refractivity contribution in [2.75, 3.05) is 39.8 Å². The fourth-order valence-corrected chi connectivity index (χ4v) is 3.63. The third-order valence-electron chi connectivity index (χ3n) is 3.53. The van der Waals surface area contributed by atoms with Gasteiger partial charge in [0.1, 0.15) is 0 Å². The Morgan fingerprint density at radius 2 is 1.89 bits per heavy atom. The summed E-state index contributed by atoms with van der Waals surface area (Å²) < 4.78 is 31.4. The molecule has 154 valence electrons. The lowest BCUT2D eigenvalue weighted by atomic mass is 10.3. The molecule has 1 rings (SSSR count). The van der Waals surface area contributed by atoms with Crippen molar-refractivity contribution in [1.82, 2.24) is 14.9 Å². The number of likely N-dealkylation sites (N-methyl/N-ethyl adjacent to an activating group) is 1. The van der Waals surface area contributed by atoms with E-state index in [1.165, 1.54) is 16.4 Å². The Hall–Kier alpha value is -1.95. The number of benzene rings is 1. The molecule has 0 aliphatic rings. The van der Waals surface area contributed by atoms with Gasteiger partial charge >= 0.3 is 5.69 Å². The van der Waals surface area contributed by atoms with Crippen LogP contribution < -0.4 is 15.4 Å². The Labute approximate surface area is 164 Å². The van der Waals surface area contributed by atoms with Gasteiger partial charge in [0.25, 0.3) is 5.91 Å². The second kappa shape index (κ2) is 11.7. The van der Waals surface area contributed by atoms with Gasteiger partial charge in [0.05, 0.1) is 9.82 Å². The van der Waals surface area contributed by atoms with Gasteiger partial charge in [-0.2, -0.15) is 4.31 Å². The minimum absolute atomic E-state index is 0. The van der Waals surface area contributed by atoms with Crippen LogP contribution in [0.2, 0.25) is 0 Å². The number of halogens is 1. The van der Waals surface area contributed by atoms with Crippen molar-refractivity contribution in [3.8, 4) is 5.75 Å². The Bertz CT molecular complexity index is 740. The van der Waals surface area contributed by atoms with E-state index in [0.717, 1.165) is 6.07 Å². The number of hydrogen-bond acceptors (Lipinski definition) is 7. The maximum Gasteiger partial charge on any atom is 0.312 e. The number of rotatable bonds is 11. The van der Waals surface area contributed by atoms with Gasteiger partial charge in [-0.05, 0) is 19.2 Å². The monoisotopic (exact) mass is 424 g/mol. The fraction of sp³-hybridized carbons (Fsp3) is 0.533. The van der Waals surface area contributed by atoms with Crippen molar-refractivity contribution in [3.05, 3.63) is 28.3 Å². The topological polar surface area (TPSA) is 131 Å². The number of amides is 1. The normalized spacial score (nSPS) is 11.0. The summed E-state index contributed by atoms with van der Waals surface area (Å²) in [6, 6.07) is 3.37. The molecule has 0 unspecified atom stereocenters. The summed E-state index contributed by atoms with van der Waals surface area (Å²) in [6.45, 7) is 4.41. The average molecular weight is 425 g/mol. The third-order valence-corrected chi connectivity index (χ3v) is 5.57. The molecule has 1 aromatic rings. The zero-order chi connectivity index (χ0) is 19.7. The van der Waals surface area contributed by atoms with Crippen LogP contribution in [-0.4, -0.2) is 63.4 Å². The van der Waals surface area contributed by atoms with Crippen LogP contribution in [0.15, 0.2) is 23.1 Å². The van der Waals surface area contributed by atoms with Gasteiger partial charge in [-0.1, -0.05) is 13.8 Å². The summed E-state index contributed by atoms with van der Waals surface area (Å²) in [5.74, 6) is -0.605. The molecular weight excluding hydrogens is 400 g/mol. The van der Waals surface area contributed by atoms with Crippen LogP contribution in [0.3, 0.4) is 0 Å². The Morgan fingerprint density at radius 1 is 1.26 bits per heavy atom. The van der Waals surface area contributed by atoms with E-state index in [4.69, 9.17) is 4.74 Å². The molecule has 0 radical (unpaired) electrons. The number of nitrogens with one attached hydrogen (secondary N) is 2. The Balaban J connectivity index is 0.00000676. The lowest BCUT2D eigenvalue weighted by molar-refractivity contribution is -0.386. The number of sulfonamides is 1. The zero-order valence-corrected chi connectivity index (χ0v) is 17.1. The molecule has 0 saturated carbocycles. The highest BCUT2D eigenvalue weighted by molar-refractivity contribution is 7.89. The van der Waals surface area contributed by atoms with Crippen molar-refractivity contribution < 1.29 is 22.9 Å². The molecule has 0 aliphatic carbocycles. The largest absolute Gasteiger partial charge is 0.477 e. The highest BCUT2D eigenvalue weighted by atomic mass is 35.5. The SMILES string of the molecule is CCN(CC)S(=O)(=O)c1ccc(OCC(=O)NCCNC)c([N+](=O)[O-])c1.Cl. The summed E-state index contributed by atoms with van der Waals surface area (Å²) in [4.78, 5) is 22.0. The Kier molecular flexibility index (Phi) is 10.9. The first-order chi connectivity index (χ1) is 12.3. The molecule has 0 fully saturated rings. The number of nitro benzene ring substituents is 1. The number of nitro groups is 1. The van der Waals surface area contributed by atoms with Crippen molar-refractivity contribution >= 4 is 34.0 Å². The number of hydrogen-bond donors (Lipinski definition) is 2. The molecule has 0 aliphatic heterocycles. The molecule has 27 heavy (non-hydrogen) atoms. The third kappa shape index (κ3) is 6.94. The molecule has 12 heteroatoms. The van der Waals surface area contributed by atoms with E-state index in [9.17, 15) is 23.3 Å². The van der Waals surface area contributed by atoms with E-state index in [2.05, 4.69) is 10.6 Å². The van der Waals surface area contributed by atoms with Crippen LogP contribution in [0.5, 0.6) is 5.75 Å². The van der Waals surface area contributed by atoms with Crippen LogP contribution in [0, 0.1) is 10.1 Å². The minimum Gasteiger partial charge on any atom is -0.477 e. The van der Waals surface area contributed by atoms with Crippen molar-refractivity contribution in [2.24, 2.45) is 0 Å². The first-order valence-corrected chi connectivity index (χ1v) is 9.54. The van der Waals surface area contributed by atoms with Crippen LogP contribution in [0.1, 0.15) is 13.8 Å². The number of nitrogens with zero attached hydrogens (tertiary/aromatic N) is 2. The minimum atomic E-state index is -3.83. The van der Waals surface area contributed by atoms with Gasteiger partial charge in [0.2, 0.25) is 10.0 Å². The van der Waals surface area contributed by atoms with Gasteiger partial charge in [-0.15, -0.1) is 12.4 Å². The van der Waals surface area contributed by atoms with Crippen LogP contribution >= 0.6 is 12.4 Å². The maximum atomic E-state index is 12.5. The molecule has 0 heterocycles. The van der Waals surface area contributed by atoms with E-state index < -0.39 is 33.1 Å². The summed E-state index contributed by atoms with van der Waals surface area (Å²) in [5, 5.41) is 16.7. The predicted octanol–water partition coefficient (Wildman–Crippen LogP) is 0.762. The van der Waals surface area contributed by atoms with Crippen LogP contribution in [0.25, 0.3) is 0 Å². The molecule has 10 nitrogen and oxygen atoms in total. The Morgan fingerprint density at radius 3 is 2.41 bits per heavy atom. The highest BCUT2D eigenvalue weighted by Crippen LogP contribution is 2.30. The first-order valence-electron chi connectivity index (χ1n) is 8.10. The molecule has 0 atom stereocenters. The van der Waals surface area contributed by atoms with Gasteiger partial charge in [0, 0.05) is 32.2 Å². The number of carbonyl (C=O) groups excluding carboxylic acids is 1. The summed E-state index contributed by atoms with van der Waals surface area (Å²) in [7, 11) is -2.10. The van der Waals surface area contributed by atoms with Gasteiger partial charge in [-0.25, -0.2) is 8.42 Å². The molecule has 1 amide bonds. The molecule has 2 N–H and O–H groups in total. The van der Waals surface area contributed by atoms with Crippen molar-refractivity contribution in [2.45, 2.75) is 18.7 Å². The van der Waals surface area contributed by atoms with Gasteiger partial charge in [-0.3, -0.25) is 14.9 Å². The van der Waals surface area contributed by atoms with Crippen LogP contribution in [-0.2, 0) is 14.8 Å². The number of ether oxygens (including phenoxy) is 1. The molecule has 0 saturated heterocycles. The molecule has 0 bridgehead atoms. The lowest BCUT2D eigenvalue weighted by Gasteiger charge is -2.18. The van der Waals surface area contributed by atoms with Crippen molar-refractivity contribution in [1.29, 1.82) is 0 Å². The van der Waals surface area contributed by atoms with E-state index >= 15 is 0 Å². The van der Waals surface area contributed by atoms with Gasteiger partial charge < -0.3 is 15.4 Å². The lowest BCUT2D eigenvalue weighted by Crippen LogP contribution is -2.33. The van der Waals surface area contributed by atoms with Gasteiger partial charge in [0.15, 0.2) is 12.4 Å². The van der Waals surface area contributed by atoms with Crippen molar-refractivity contribution in [3.63, 3.8) is 0 Å². The average Bonchev–Trinajstić information content (AvgIpc) is 2.60. The number of carbonyl (C=O) groups is 1. The fourth-order valence-electron chi connectivity index (χ4n) is 2.16. The smallest absolute Gasteiger partial charge is 0.312 e. The first kappa shape index (κ1) is 25.1. The molecular formula is C15H25ClN4O6S. The zero-order valence-electron chi connectivity index (χ0n) is 15.4. The summed E-state index contributed by atoms with van der Waals surface area (Å²) >= 11 is 0. The predicted molar refractivity (Wildman–Crippen MR) is 103 cm³/mol. The van der Waals surface area contributed by atoms with E-state index in [1.54, 1.807) is 20.9 Å². The molecule has 1 aromatic carbocycles. The molecule has 0 spiro atoms. The maximum absolute atomic E-state index is 12.5. The quantitative estimate of drug-likeness (QED) is 0.304. The standard InChI is InChI=1S/C15H24N4O6S.ClH/c1-4-18(5-2)26(23,24)12-6-7-14(13(10-12)19(21)22)25-11-15(20)17-9-8-16-3;/h6-7,10,16H,4-5,8-9,11H2,1-3H3,(H,17,20);1H. The second-order valence-electron chi connectivity index (χ2n) is 5.22. The highest BCUT2D eigenvalue weighted by Gasteiger charge is 2.26. The summed E-state index contributed by atoms with van der Waals surface area (Å²) in [5.41, 5.74) is -0.513. The second-order valence-corrected chi connectivity index (χ2v) is 7.16. The van der Waals surface area contributed by atoms with E-state index in [1.807, 2.05) is 0 Å². The molecule has 0 aromatic heterocycles. The van der Waals surface area contributed by atoms with E-state index in [-0.39, 0.29) is 36.1 Å². The van der Waals surface area contributed by atoms with E-state index in [0.29, 0.717) is 13.1 Å². The summed E-state index contributed by atoms with van der Waals surface area (Å²) in [6.07, 6.45) is 0. The van der Waals surface area contributed by atoms with Crippen LogP contribution in [0.4, 0.5) is 5.69 Å².